The first kappa shape index (κ1) is 16.0. The molecule has 0 aliphatic carbocycles. The normalized spacial score (nSPS) is 19.2. The van der Waals surface area contributed by atoms with Crippen LogP contribution in [0.1, 0.15) is 35.8 Å². The zero-order chi connectivity index (χ0) is 15.6. The maximum absolute atomic E-state index is 12.5. The number of nitrogens with zero attached hydrogens (tertiary/aromatic N) is 3. The van der Waals surface area contributed by atoms with Crippen molar-refractivity contribution in [2.45, 2.75) is 33.2 Å². The van der Waals surface area contributed by atoms with Crippen LogP contribution in [0.25, 0.3) is 0 Å². The van der Waals surface area contributed by atoms with E-state index in [2.05, 4.69) is 12.0 Å². The summed E-state index contributed by atoms with van der Waals surface area (Å²) in [4.78, 5) is 14.2. The number of carbonyl (C=O) groups excluding carboxylic acids is 1. The van der Waals surface area contributed by atoms with Gasteiger partial charge >= 0.3 is 0 Å². The first-order chi connectivity index (χ1) is 9.80. The van der Waals surface area contributed by atoms with Crippen molar-refractivity contribution in [2.75, 3.05) is 18.8 Å². The molecule has 1 aromatic heterocycles. The molecule has 1 atom stereocenters. The maximum atomic E-state index is 12.5. The first-order valence-corrected chi connectivity index (χ1v) is 8.85. The minimum atomic E-state index is -3.49. The SMILES string of the molecule is CCCn1cc(C(=O)N2CCC(CS(N)(=O)=O)C2)c(C)n1. The van der Waals surface area contributed by atoms with Crippen molar-refractivity contribution in [3.05, 3.63) is 17.5 Å². The Morgan fingerprint density at radius 3 is 2.86 bits per heavy atom. The Morgan fingerprint density at radius 2 is 2.24 bits per heavy atom. The summed E-state index contributed by atoms with van der Waals surface area (Å²) in [6.45, 7) is 5.65. The lowest BCUT2D eigenvalue weighted by atomic mass is 10.2. The number of sulfonamides is 1. The third-order valence-corrected chi connectivity index (χ3v) is 4.61. The van der Waals surface area contributed by atoms with E-state index in [4.69, 9.17) is 5.14 Å². The zero-order valence-corrected chi connectivity index (χ0v) is 13.3. The zero-order valence-electron chi connectivity index (χ0n) is 12.4. The number of hydrogen-bond donors (Lipinski definition) is 1. The van der Waals surface area contributed by atoms with E-state index in [9.17, 15) is 13.2 Å². The summed E-state index contributed by atoms with van der Waals surface area (Å²) in [6.07, 6.45) is 3.40. The van der Waals surface area contributed by atoms with Gasteiger partial charge in [0.15, 0.2) is 0 Å². The topological polar surface area (TPSA) is 98.3 Å². The average molecular weight is 314 g/mol. The Morgan fingerprint density at radius 1 is 1.52 bits per heavy atom. The second-order valence-corrected chi connectivity index (χ2v) is 7.29. The molecule has 0 radical (unpaired) electrons. The first-order valence-electron chi connectivity index (χ1n) is 7.14. The van der Waals surface area contributed by atoms with Crippen molar-refractivity contribution in [3.63, 3.8) is 0 Å². The molecule has 1 unspecified atom stereocenters. The van der Waals surface area contributed by atoms with E-state index in [-0.39, 0.29) is 17.6 Å². The standard InChI is InChI=1S/C13H22N4O3S/c1-3-5-17-8-12(10(2)15-17)13(18)16-6-4-11(7-16)9-21(14,19)20/h8,11H,3-7,9H2,1-2H3,(H2,14,19,20). The Bertz CT molecular complexity index is 623. The molecule has 2 N–H and O–H groups in total. The number of nitrogens with two attached hydrogens (primary N) is 1. The molecule has 118 valence electrons. The highest BCUT2D eigenvalue weighted by molar-refractivity contribution is 7.89. The number of hydrogen-bond acceptors (Lipinski definition) is 4. The molecule has 0 aromatic carbocycles. The van der Waals surface area contributed by atoms with Crippen LogP contribution in [0.3, 0.4) is 0 Å². The van der Waals surface area contributed by atoms with Gasteiger partial charge in [-0.05, 0) is 25.7 Å². The summed E-state index contributed by atoms with van der Waals surface area (Å²) in [5, 5.41) is 9.39. The van der Waals surface area contributed by atoms with Gasteiger partial charge in [0, 0.05) is 25.8 Å². The molecule has 0 spiro atoms. The van der Waals surface area contributed by atoms with Gasteiger partial charge in [-0.3, -0.25) is 9.48 Å². The van der Waals surface area contributed by atoms with E-state index in [1.165, 1.54) is 0 Å². The molecule has 2 rings (SSSR count). The smallest absolute Gasteiger partial charge is 0.257 e. The predicted molar refractivity (Wildman–Crippen MR) is 79.2 cm³/mol. The van der Waals surface area contributed by atoms with Crippen LogP contribution < -0.4 is 5.14 Å². The third kappa shape index (κ3) is 4.04. The van der Waals surface area contributed by atoms with Gasteiger partial charge in [-0.25, -0.2) is 13.6 Å². The van der Waals surface area contributed by atoms with Crippen LogP contribution in [-0.4, -0.2) is 47.8 Å². The number of amides is 1. The van der Waals surface area contributed by atoms with Gasteiger partial charge in [0.05, 0.1) is 17.0 Å². The van der Waals surface area contributed by atoms with E-state index in [0.717, 1.165) is 13.0 Å². The van der Waals surface area contributed by atoms with Crippen LogP contribution in [-0.2, 0) is 16.6 Å². The lowest BCUT2D eigenvalue weighted by Crippen LogP contribution is -2.31. The summed E-state index contributed by atoms with van der Waals surface area (Å²) in [5.41, 5.74) is 1.31. The number of aryl methyl sites for hydroxylation is 2. The predicted octanol–water partition coefficient (Wildman–Crippen LogP) is 0.352. The highest BCUT2D eigenvalue weighted by Crippen LogP contribution is 2.20. The van der Waals surface area contributed by atoms with Gasteiger partial charge in [0.25, 0.3) is 5.91 Å². The van der Waals surface area contributed by atoms with Crippen LogP contribution in [0, 0.1) is 12.8 Å². The monoisotopic (exact) mass is 314 g/mol. The van der Waals surface area contributed by atoms with Crippen LogP contribution in [0.4, 0.5) is 0 Å². The second-order valence-electron chi connectivity index (χ2n) is 5.63. The summed E-state index contributed by atoms with van der Waals surface area (Å²) in [6, 6.07) is 0. The maximum Gasteiger partial charge on any atom is 0.257 e. The Balaban J connectivity index is 2.04. The molecule has 1 aliphatic rings. The lowest BCUT2D eigenvalue weighted by Gasteiger charge is -2.15. The van der Waals surface area contributed by atoms with Crippen molar-refractivity contribution < 1.29 is 13.2 Å². The summed E-state index contributed by atoms with van der Waals surface area (Å²) >= 11 is 0. The Kier molecular flexibility index (Phi) is 4.67. The number of primary sulfonamides is 1. The fraction of sp³-hybridized carbons (Fsp3) is 0.692. The minimum absolute atomic E-state index is 0.0646. The van der Waals surface area contributed by atoms with Crippen molar-refractivity contribution in [2.24, 2.45) is 11.1 Å². The van der Waals surface area contributed by atoms with Crippen LogP contribution in [0.5, 0.6) is 0 Å². The number of carbonyl (C=O) groups is 1. The van der Waals surface area contributed by atoms with Gasteiger partial charge in [-0.1, -0.05) is 6.92 Å². The number of aromatic nitrogens is 2. The summed E-state index contributed by atoms with van der Waals surface area (Å²) in [7, 11) is -3.49. The molecule has 8 heteroatoms. The Labute approximate surface area is 125 Å². The molecule has 2 heterocycles. The highest BCUT2D eigenvalue weighted by Gasteiger charge is 2.30. The van der Waals surface area contributed by atoms with E-state index >= 15 is 0 Å². The van der Waals surface area contributed by atoms with E-state index in [1.807, 2.05) is 6.92 Å². The van der Waals surface area contributed by atoms with Gasteiger partial charge in [-0.15, -0.1) is 0 Å². The molecule has 1 saturated heterocycles. The van der Waals surface area contributed by atoms with Crippen LogP contribution in [0.15, 0.2) is 6.20 Å². The Hall–Kier alpha value is -1.41. The third-order valence-electron chi connectivity index (χ3n) is 3.67. The van der Waals surface area contributed by atoms with Crippen molar-refractivity contribution in [1.29, 1.82) is 0 Å². The molecule has 1 fully saturated rings. The van der Waals surface area contributed by atoms with Crippen LogP contribution >= 0.6 is 0 Å². The molecular formula is C13H22N4O3S. The van der Waals surface area contributed by atoms with Crippen molar-refractivity contribution in [1.82, 2.24) is 14.7 Å². The van der Waals surface area contributed by atoms with Gasteiger partial charge in [0.1, 0.15) is 0 Å². The van der Waals surface area contributed by atoms with Crippen LogP contribution in [0.2, 0.25) is 0 Å². The summed E-state index contributed by atoms with van der Waals surface area (Å²) < 4.78 is 24.0. The van der Waals surface area contributed by atoms with E-state index < -0.39 is 10.0 Å². The highest BCUT2D eigenvalue weighted by atomic mass is 32.2. The van der Waals surface area contributed by atoms with Crippen molar-refractivity contribution >= 4 is 15.9 Å². The molecule has 7 nitrogen and oxygen atoms in total. The second kappa shape index (κ2) is 6.15. The van der Waals surface area contributed by atoms with Gasteiger partial charge in [-0.2, -0.15) is 5.10 Å². The average Bonchev–Trinajstić information content (AvgIpc) is 2.94. The summed E-state index contributed by atoms with van der Waals surface area (Å²) in [5.74, 6) is -0.216. The molecular weight excluding hydrogens is 292 g/mol. The lowest BCUT2D eigenvalue weighted by molar-refractivity contribution is 0.0787. The van der Waals surface area contributed by atoms with E-state index in [1.54, 1.807) is 15.8 Å². The molecule has 0 bridgehead atoms. The minimum Gasteiger partial charge on any atom is -0.338 e. The number of rotatable bonds is 5. The largest absolute Gasteiger partial charge is 0.338 e. The quantitative estimate of drug-likeness (QED) is 0.848. The van der Waals surface area contributed by atoms with E-state index in [0.29, 0.717) is 30.8 Å². The van der Waals surface area contributed by atoms with Gasteiger partial charge < -0.3 is 4.90 Å². The van der Waals surface area contributed by atoms with Crippen molar-refractivity contribution in [3.8, 4) is 0 Å². The molecule has 0 saturated carbocycles. The fourth-order valence-electron chi connectivity index (χ4n) is 2.72. The molecule has 1 amide bonds. The van der Waals surface area contributed by atoms with Gasteiger partial charge in [0.2, 0.25) is 10.0 Å². The molecule has 21 heavy (non-hydrogen) atoms. The molecule has 1 aliphatic heterocycles. The number of likely N-dealkylation sites (tertiary alicyclic amines) is 1. The fourth-order valence-corrected chi connectivity index (χ4v) is 3.65. The molecule has 1 aromatic rings.